The third-order valence-corrected chi connectivity index (χ3v) is 7.70. The smallest absolute Gasteiger partial charge is 0.139 e. The summed E-state index contributed by atoms with van der Waals surface area (Å²) in [6.45, 7) is 9.03. The van der Waals surface area contributed by atoms with Gasteiger partial charge in [0.05, 0.1) is 10.8 Å². The van der Waals surface area contributed by atoms with Crippen LogP contribution >= 0.6 is 0 Å². The van der Waals surface area contributed by atoms with Crippen LogP contribution in [0.3, 0.4) is 0 Å². The molecule has 2 heterocycles. The molecule has 0 amide bonds. The van der Waals surface area contributed by atoms with Crippen LogP contribution in [0.5, 0.6) is 0 Å². The van der Waals surface area contributed by atoms with Gasteiger partial charge in [0, 0.05) is 29.3 Å². The number of aromatic nitrogens is 4. The zero-order valence-corrected chi connectivity index (χ0v) is 18.5. The van der Waals surface area contributed by atoms with Gasteiger partial charge in [-0.3, -0.25) is 0 Å². The maximum atomic E-state index is 5.28. The van der Waals surface area contributed by atoms with E-state index < -0.39 is 0 Å². The predicted octanol–water partition coefficient (Wildman–Crippen LogP) is 5.17. The molecule has 3 aromatic rings. The topological polar surface area (TPSA) is 51.6 Å². The zero-order valence-electron chi connectivity index (χ0n) is 18.5. The Hall–Kier alpha value is -2.62. The molecule has 2 aromatic heterocycles. The van der Waals surface area contributed by atoms with Crippen molar-refractivity contribution >= 4 is 0 Å². The van der Waals surface area contributed by atoms with Gasteiger partial charge in [0.25, 0.3) is 0 Å². The van der Waals surface area contributed by atoms with Gasteiger partial charge in [0.1, 0.15) is 11.6 Å². The van der Waals surface area contributed by atoms with Crippen molar-refractivity contribution in [3.05, 3.63) is 81.9 Å². The molecule has 0 fully saturated rings. The summed E-state index contributed by atoms with van der Waals surface area (Å²) in [4.78, 5) is 19.8. The van der Waals surface area contributed by atoms with E-state index in [-0.39, 0.29) is 10.8 Å². The molecule has 0 aliphatic heterocycles. The first-order valence-corrected chi connectivity index (χ1v) is 11.3. The lowest BCUT2D eigenvalue weighted by molar-refractivity contribution is 0.440. The number of hydrogen-bond acceptors (Lipinski definition) is 4. The monoisotopic (exact) mass is 398 g/mol. The van der Waals surface area contributed by atoms with Crippen LogP contribution in [-0.4, -0.2) is 19.9 Å². The van der Waals surface area contributed by atoms with Crippen molar-refractivity contribution in [1.29, 1.82) is 0 Å². The number of aryl methyl sites for hydroxylation is 4. The highest BCUT2D eigenvalue weighted by Crippen LogP contribution is 2.52. The van der Waals surface area contributed by atoms with Crippen molar-refractivity contribution in [3.8, 4) is 0 Å². The van der Waals surface area contributed by atoms with Crippen LogP contribution in [0, 0.1) is 13.8 Å². The van der Waals surface area contributed by atoms with Gasteiger partial charge in [0.15, 0.2) is 0 Å². The number of rotatable bonds is 5. The first kappa shape index (κ1) is 19.3. The van der Waals surface area contributed by atoms with Crippen molar-refractivity contribution in [2.45, 2.75) is 77.0 Å². The van der Waals surface area contributed by atoms with E-state index in [2.05, 4.69) is 55.9 Å². The van der Waals surface area contributed by atoms with Crippen LogP contribution < -0.4 is 0 Å². The molecule has 4 heteroatoms. The molecule has 0 unspecified atom stereocenters. The van der Waals surface area contributed by atoms with Crippen LogP contribution in [0.4, 0.5) is 0 Å². The molecule has 2 aliphatic rings. The molecule has 0 atom stereocenters. The summed E-state index contributed by atoms with van der Waals surface area (Å²) < 4.78 is 0. The fraction of sp³-hybridized carbons (Fsp3) is 0.462. The first-order chi connectivity index (χ1) is 14.6. The van der Waals surface area contributed by atoms with Gasteiger partial charge < -0.3 is 0 Å². The highest BCUT2D eigenvalue weighted by molar-refractivity contribution is 5.50. The highest BCUT2D eigenvalue weighted by atomic mass is 15.0. The molecule has 30 heavy (non-hydrogen) atoms. The Morgan fingerprint density at radius 2 is 1.43 bits per heavy atom. The summed E-state index contributed by atoms with van der Waals surface area (Å²) in [5.74, 6) is 1.97. The van der Waals surface area contributed by atoms with E-state index in [1.54, 1.807) is 0 Å². The quantitative estimate of drug-likeness (QED) is 0.595. The molecule has 4 nitrogen and oxygen atoms in total. The summed E-state index contributed by atoms with van der Waals surface area (Å²) in [5.41, 5.74) is 7.67. The van der Waals surface area contributed by atoms with Crippen molar-refractivity contribution < 1.29 is 0 Å². The minimum atomic E-state index is -0.141. The summed E-state index contributed by atoms with van der Waals surface area (Å²) in [6.07, 6.45) is 9.81. The Kier molecular flexibility index (Phi) is 4.49. The minimum absolute atomic E-state index is 0.0792. The fourth-order valence-corrected chi connectivity index (χ4v) is 6.21. The first-order valence-electron chi connectivity index (χ1n) is 11.3. The van der Waals surface area contributed by atoms with Gasteiger partial charge in [-0.25, -0.2) is 19.9 Å². The standard InChI is InChI=1S/C26H30N4/c1-5-25(6-2,21-17(3)9-7-10-18(21)4)24-29-19-11-13-26(23-27-15-8-16-28-23)14-12-20(30-24)22(19)26/h7-10,15-16H,5-6,11-14H2,1-4H3. The normalized spacial score (nSPS) is 16.7. The van der Waals surface area contributed by atoms with E-state index in [0.29, 0.717) is 0 Å². The summed E-state index contributed by atoms with van der Waals surface area (Å²) >= 11 is 0. The Labute approximate surface area is 179 Å². The molecule has 0 saturated carbocycles. The van der Waals surface area contributed by atoms with E-state index in [4.69, 9.17) is 9.97 Å². The second kappa shape index (κ2) is 6.97. The lowest BCUT2D eigenvalue weighted by Gasteiger charge is -2.34. The van der Waals surface area contributed by atoms with Gasteiger partial charge in [-0.05, 0) is 75.1 Å². The third kappa shape index (κ3) is 2.52. The van der Waals surface area contributed by atoms with E-state index in [1.165, 1.54) is 33.6 Å². The van der Waals surface area contributed by atoms with E-state index >= 15 is 0 Å². The van der Waals surface area contributed by atoms with Crippen LogP contribution in [-0.2, 0) is 23.7 Å². The predicted molar refractivity (Wildman–Crippen MR) is 119 cm³/mol. The Balaban J connectivity index is 1.70. The average molecular weight is 399 g/mol. The van der Waals surface area contributed by atoms with Crippen molar-refractivity contribution in [2.75, 3.05) is 0 Å². The van der Waals surface area contributed by atoms with Crippen molar-refractivity contribution in [1.82, 2.24) is 19.9 Å². The maximum absolute atomic E-state index is 5.28. The second-order valence-electron chi connectivity index (χ2n) is 9.03. The zero-order chi connectivity index (χ0) is 20.9. The minimum Gasteiger partial charge on any atom is -0.240 e. The van der Waals surface area contributed by atoms with Crippen LogP contribution in [0.1, 0.15) is 84.8 Å². The lowest BCUT2D eigenvalue weighted by atomic mass is 9.71. The number of nitrogens with zero attached hydrogens (tertiary/aromatic N) is 4. The van der Waals surface area contributed by atoms with E-state index in [9.17, 15) is 0 Å². The van der Waals surface area contributed by atoms with Gasteiger partial charge in [-0.1, -0.05) is 32.0 Å². The molecule has 154 valence electrons. The van der Waals surface area contributed by atoms with Gasteiger partial charge in [-0.15, -0.1) is 0 Å². The molecule has 0 bridgehead atoms. The fourth-order valence-electron chi connectivity index (χ4n) is 6.21. The molecule has 5 rings (SSSR count). The number of benzene rings is 1. The average Bonchev–Trinajstić information content (AvgIpc) is 3.34. The van der Waals surface area contributed by atoms with Crippen LogP contribution in [0.15, 0.2) is 36.7 Å². The molecule has 0 N–H and O–H groups in total. The molecule has 0 spiro atoms. The Morgan fingerprint density at radius 3 is 1.97 bits per heavy atom. The van der Waals surface area contributed by atoms with Gasteiger partial charge in [-0.2, -0.15) is 0 Å². The summed E-state index contributed by atoms with van der Waals surface area (Å²) in [6, 6.07) is 8.51. The maximum Gasteiger partial charge on any atom is 0.139 e. The van der Waals surface area contributed by atoms with Crippen molar-refractivity contribution in [3.63, 3.8) is 0 Å². The molecule has 2 aliphatic carbocycles. The van der Waals surface area contributed by atoms with Gasteiger partial charge >= 0.3 is 0 Å². The molecule has 0 radical (unpaired) electrons. The second-order valence-corrected chi connectivity index (χ2v) is 9.03. The molecule has 0 saturated heterocycles. The largest absolute Gasteiger partial charge is 0.240 e. The van der Waals surface area contributed by atoms with Crippen molar-refractivity contribution in [2.24, 2.45) is 0 Å². The summed E-state index contributed by atoms with van der Waals surface area (Å²) in [7, 11) is 0. The SMILES string of the molecule is CCC(CC)(c1nc2c3c(n1)CCC3(c1ncccn1)CC2)c1c(C)cccc1C. The number of hydrogen-bond donors (Lipinski definition) is 0. The Bertz CT molecular complexity index is 1050. The lowest BCUT2D eigenvalue weighted by Crippen LogP contribution is -2.32. The highest BCUT2D eigenvalue weighted by Gasteiger charge is 2.50. The molecule has 1 aromatic carbocycles. The van der Waals surface area contributed by atoms with E-state index in [0.717, 1.165) is 50.2 Å². The van der Waals surface area contributed by atoms with Crippen LogP contribution in [0.2, 0.25) is 0 Å². The third-order valence-electron chi connectivity index (χ3n) is 7.70. The van der Waals surface area contributed by atoms with E-state index in [1.807, 2.05) is 18.5 Å². The molecular formula is C26H30N4. The Morgan fingerprint density at radius 1 is 0.867 bits per heavy atom. The summed E-state index contributed by atoms with van der Waals surface area (Å²) in [5, 5.41) is 0. The van der Waals surface area contributed by atoms with Crippen LogP contribution in [0.25, 0.3) is 0 Å². The molecular weight excluding hydrogens is 368 g/mol. The van der Waals surface area contributed by atoms with Gasteiger partial charge in [0.2, 0.25) is 0 Å².